The molecular weight excluding hydrogens is 208 g/mol. The van der Waals surface area contributed by atoms with Gasteiger partial charge < -0.3 is 10.2 Å². The van der Waals surface area contributed by atoms with Gasteiger partial charge in [-0.2, -0.15) is 0 Å². The highest BCUT2D eigenvalue weighted by Gasteiger charge is 2.30. The lowest BCUT2D eigenvalue weighted by atomic mass is 10.1. The van der Waals surface area contributed by atoms with Crippen LogP contribution < -0.4 is 10.2 Å². The Morgan fingerprint density at radius 2 is 2.13 bits per heavy atom. The number of anilines is 1. The molecule has 0 bridgehead atoms. The van der Waals surface area contributed by atoms with E-state index in [1.54, 1.807) is 0 Å². The van der Waals surface area contributed by atoms with Gasteiger partial charge in [0.25, 0.3) is 0 Å². The molecular formula is C12H17ClN2. The molecule has 2 aliphatic rings. The summed E-state index contributed by atoms with van der Waals surface area (Å²) in [4.78, 5) is 2.58. The number of benzene rings is 1. The van der Waals surface area contributed by atoms with E-state index in [4.69, 9.17) is 0 Å². The lowest BCUT2D eigenvalue weighted by Gasteiger charge is -2.38. The van der Waals surface area contributed by atoms with Crippen LogP contribution >= 0.6 is 12.4 Å². The van der Waals surface area contributed by atoms with Gasteiger partial charge in [0.15, 0.2) is 0 Å². The Kier molecular flexibility index (Phi) is 2.89. The molecule has 15 heavy (non-hydrogen) atoms. The average Bonchev–Trinajstić information content (AvgIpc) is 2.47. The summed E-state index contributed by atoms with van der Waals surface area (Å²) in [5.74, 6) is 0. The first kappa shape index (κ1) is 10.8. The predicted octanol–water partition coefficient (Wildman–Crippen LogP) is 1.75. The molecule has 0 radical (unpaired) electrons. The molecule has 3 rings (SSSR count). The first-order valence-electron chi connectivity index (χ1n) is 5.42. The fraction of sp³-hybridized carbons (Fsp3) is 0.500. The zero-order valence-corrected chi connectivity index (χ0v) is 9.81. The van der Waals surface area contributed by atoms with E-state index >= 15 is 0 Å². The number of fused-ring (bicyclic) bond motifs is 1. The molecule has 0 amide bonds. The smallest absolute Gasteiger partial charge is 0.0539 e. The van der Waals surface area contributed by atoms with Crippen molar-refractivity contribution in [2.24, 2.45) is 0 Å². The van der Waals surface area contributed by atoms with Crippen LogP contribution in [0.4, 0.5) is 5.69 Å². The van der Waals surface area contributed by atoms with Gasteiger partial charge in [-0.05, 0) is 24.5 Å². The maximum atomic E-state index is 3.35. The summed E-state index contributed by atoms with van der Waals surface area (Å²) in [6.45, 7) is 5.76. The summed E-state index contributed by atoms with van der Waals surface area (Å²) in [6.07, 6.45) is 1.23. The quantitative estimate of drug-likeness (QED) is 0.782. The van der Waals surface area contributed by atoms with Crippen LogP contribution in [-0.2, 0) is 6.42 Å². The minimum absolute atomic E-state index is 0. The van der Waals surface area contributed by atoms with E-state index in [0.717, 1.165) is 19.1 Å². The molecule has 0 saturated carbocycles. The number of aryl methyl sites for hydroxylation is 1. The molecule has 2 heterocycles. The van der Waals surface area contributed by atoms with E-state index in [1.165, 1.54) is 29.8 Å². The van der Waals surface area contributed by atoms with Crippen LogP contribution in [0.2, 0.25) is 0 Å². The van der Waals surface area contributed by atoms with Crippen molar-refractivity contribution in [2.45, 2.75) is 19.4 Å². The van der Waals surface area contributed by atoms with Crippen LogP contribution in [0.25, 0.3) is 0 Å². The molecule has 3 heteroatoms. The van der Waals surface area contributed by atoms with Gasteiger partial charge in [-0.25, -0.2) is 0 Å². The summed E-state index contributed by atoms with van der Waals surface area (Å²) in [5, 5.41) is 3.35. The maximum Gasteiger partial charge on any atom is 0.0539 e. The number of para-hydroxylation sites is 1. The summed E-state index contributed by atoms with van der Waals surface area (Å²) < 4.78 is 0. The second-order valence-electron chi connectivity index (χ2n) is 4.34. The highest BCUT2D eigenvalue weighted by atomic mass is 35.5. The van der Waals surface area contributed by atoms with Crippen LogP contribution in [0.15, 0.2) is 18.2 Å². The van der Waals surface area contributed by atoms with Gasteiger partial charge in [-0.3, -0.25) is 0 Å². The number of nitrogens with zero attached hydrogens (tertiary/aromatic N) is 1. The zero-order chi connectivity index (χ0) is 9.54. The van der Waals surface area contributed by atoms with Crippen LogP contribution in [0.1, 0.15) is 11.1 Å². The molecule has 1 fully saturated rings. The van der Waals surface area contributed by atoms with Crippen molar-refractivity contribution in [3.8, 4) is 0 Å². The molecule has 2 nitrogen and oxygen atoms in total. The first-order chi connectivity index (χ1) is 6.86. The highest BCUT2D eigenvalue weighted by molar-refractivity contribution is 5.85. The summed E-state index contributed by atoms with van der Waals surface area (Å²) in [7, 11) is 0. The Hall–Kier alpha value is -0.730. The van der Waals surface area contributed by atoms with Crippen molar-refractivity contribution in [1.29, 1.82) is 0 Å². The van der Waals surface area contributed by atoms with Crippen molar-refractivity contribution in [2.75, 3.05) is 24.5 Å². The zero-order valence-electron chi connectivity index (χ0n) is 8.99. The fourth-order valence-electron chi connectivity index (χ4n) is 2.54. The highest BCUT2D eigenvalue weighted by Crippen LogP contribution is 2.33. The Morgan fingerprint density at radius 1 is 1.33 bits per heavy atom. The van der Waals surface area contributed by atoms with Crippen molar-refractivity contribution >= 4 is 18.1 Å². The van der Waals surface area contributed by atoms with Gasteiger partial charge in [0.05, 0.1) is 6.04 Å². The lowest BCUT2D eigenvalue weighted by molar-refractivity contribution is 0.419. The minimum Gasteiger partial charge on any atom is -0.365 e. The van der Waals surface area contributed by atoms with Gasteiger partial charge in [0.2, 0.25) is 0 Å². The van der Waals surface area contributed by atoms with Gasteiger partial charge in [0, 0.05) is 25.3 Å². The first-order valence-corrected chi connectivity index (χ1v) is 5.42. The van der Waals surface area contributed by atoms with E-state index < -0.39 is 0 Å². The number of rotatable bonds is 1. The van der Waals surface area contributed by atoms with Gasteiger partial charge in [-0.15, -0.1) is 12.4 Å². The molecule has 1 aromatic carbocycles. The molecule has 0 spiro atoms. The molecule has 1 aromatic rings. The molecule has 0 aliphatic carbocycles. The van der Waals surface area contributed by atoms with Crippen molar-refractivity contribution in [3.05, 3.63) is 29.3 Å². The van der Waals surface area contributed by atoms with Gasteiger partial charge >= 0.3 is 0 Å². The number of hydrogen-bond acceptors (Lipinski definition) is 2. The number of halogens is 1. The molecule has 0 atom stereocenters. The van der Waals surface area contributed by atoms with E-state index in [0.29, 0.717) is 0 Å². The number of hydrogen-bond donors (Lipinski definition) is 1. The fourth-order valence-corrected chi connectivity index (χ4v) is 2.54. The van der Waals surface area contributed by atoms with Crippen LogP contribution in [0.3, 0.4) is 0 Å². The normalized spacial score (nSPS) is 19.4. The van der Waals surface area contributed by atoms with E-state index in [9.17, 15) is 0 Å². The van der Waals surface area contributed by atoms with Gasteiger partial charge in [0.1, 0.15) is 0 Å². The van der Waals surface area contributed by atoms with E-state index in [2.05, 4.69) is 35.3 Å². The second kappa shape index (κ2) is 4.03. The Bertz CT molecular complexity index is 361. The minimum atomic E-state index is 0. The average molecular weight is 225 g/mol. The van der Waals surface area contributed by atoms with Crippen molar-refractivity contribution < 1.29 is 0 Å². The Labute approximate surface area is 97.1 Å². The van der Waals surface area contributed by atoms with Crippen molar-refractivity contribution in [1.82, 2.24) is 5.32 Å². The molecule has 0 aromatic heterocycles. The molecule has 1 N–H and O–H groups in total. The lowest BCUT2D eigenvalue weighted by Crippen LogP contribution is -2.57. The third-order valence-electron chi connectivity index (χ3n) is 3.43. The predicted molar refractivity (Wildman–Crippen MR) is 66.1 cm³/mol. The molecule has 2 aliphatic heterocycles. The largest absolute Gasteiger partial charge is 0.365 e. The van der Waals surface area contributed by atoms with Crippen LogP contribution in [0.5, 0.6) is 0 Å². The topological polar surface area (TPSA) is 15.3 Å². The monoisotopic (exact) mass is 224 g/mol. The Morgan fingerprint density at radius 3 is 2.80 bits per heavy atom. The summed E-state index contributed by atoms with van der Waals surface area (Å²) in [5.41, 5.74) is 4.49. The van der Waals surface area contributed by atoms with Crippen molar-refractivity contribution in [3.63, 3.8) is 0 Å². The second-order valence-corrected chi connectivity index (χ2v) is 4.34. The molecule has 82 valence electrons. The SMILES string of the molecule is Cc1cccc2c1N(C1CNC1)CC2.Cl. The van der Waals surface area contributed by atoms with E-state index in [-0.39, 0.29) is 12.4 Å². The maximum absolute atomic E-state index is 3.35. The summed E-state index contributed by atoms with van der Waals surface area (Å²) >= 11 is 0. The van der Waals surface area contributed by atoms with Crippen LogP contribution in [0, 0.1) is 6.92 Å². The molecule has 1 saturated heterocycles. The molecule has 0 unspecified atom stereocenters. The standard InChI is InChI=1S/C12H16N2.ClH/c1-9-3-2-4-10-5-6-14(12(9)10)11-7-13-8-11;/h2-4,11,13H,5-8H2,1H3;1H. The van der Waals surface area contributed by atoms with Gasteiger partial charge in [-0.1, -0.05) is 18.2 Å². The number of nitrogens with one attached hydrogen (secondary N) is 1. The Balaban J connectivity index is 0.000000853. The summed E-state index contributed by atoms with van der Waals surface area (Å²) in [6, 6.07) is 7.42. The van der Waals surface area contributed by atoms with E-state index in [1.807, 2.05) is 0 Å². The third-order valence-corrected chi connectivity index (χ3v) is 3.43. The van der Waals surface area contributed by atoms with Crippen LogP contribution in [-0.4, -0.2) is 25.7 Å². The third kappa shape index (κ3) is 1.62.